The Morgan fingerprint density at radius 1 is 1.37 bits per heavy atom. The van der Waals surface area contributed by atoms with Gasteiger partial charge in [0.1, 0.15) is 11.6 Å². The van der Waals surface area contributed by atoms with E-state index in [-0.39, 0.29) is 17.6 Å². The summed E-state index contributed by atoms with van der Waals surface area (Å²) in [5.74, 6) is 0.259. The highest BCUT2D eigenvalue weighted by atomic mass is 16.1. The van der Waals surface area contributed by atoms with Crippen LogP contribution in [0.5, 0.6) is 0 Å². The van der Waals surface area contributed by atoms with Crippen molar-refractivity contribution in [2.45, 2.75) is 37.8 Å². The van der Waals surface area contributed by atoms with Crippen molar-refractivity contribution < 1.29 is 4.79 Å². The highest BCUT2D eigenvalue weighted by molar-refractivity contribution is 6.14. The molecule has 3 rings (SSSR count). The number of likely N-dealkylation sites (N-methyl/N-ethyl adjacent to an activating group) is 2. The number of amides is 1. The van der Waals surface area contributed by atoms with Crippen LogP contribution in [0.3, 0.4) is 0 Å². The van der Waals surface area contributed by atoms with Gasteiger partial charge in [-0.2, -0.15) is 20.3 Å². The molecule has 11 heteroatoms. The SMILES string of the molecule is CN(CC#N)C1CCCCC1[N+](C)(C)c1ncc(C(N)=O)c(Nc2cccc(NN=CC=N)c2)n1. The second-order valence-electron chi connectivity index (χ2n) is 9.09. The average Bonchev–Trinajstić information content (AvgIpc) is 2.84. The standard InChI is InChI=1S/C24H32N10O/c1-33(14-12-26)20-9-4-5-10-21(20)34(2,3)24-28-16-19(22(27)35)23(31-24)30-17-7-6-8-18(15-17)32-29-13-11-25/h6-8,11,13,15-16,20-21H,4-5,9-10,14H2,1-3H3,(H4-,25,27,28,30,31,32,35)/p+1. The summed E-state index contributed by atoms with van der Waals surface area (Å²) in [6, 6.07) is 9.97. The van der Waals surface area contributed by atoms with Crippen LogP contribution in [0.1, 0.15) is 36.0 Å². The molecule has 0 spiro atoms. The molecular weight excluding hydrogens is 444 g/mol. The molecule has 1 fully saturated rings. The van der Waals surface area contributed by atoms with Crippen LogP contribution >= 0.6 is 0 Å². The van der Waals surface area contributed by atoms with Gasteiger partial charge in [0.15, 0.2) is 5.82 Å². The van der Waals surface area contributed by atoms with Crippen molar-refractivity contribution >= 4 is 41.5 Å². The number of primary amides is 1. The molecule has 0 saturated heterocycles. The molecule has 35 heavy (non-hydrogen) atoms. The number of hydrazone groups is 1. The largest absolute Gasteiger partial charge is 0.365 e. The number of benzene rings is 1. The van der Waals surface area contributed by atoms with Gasteiger partial charge in [-0.15, -0.1) is 0 Å². The lowest BCUT2D eigenvalue weighted by Crippen LogP contribution is -2.61. The quantitative estimate of drug-likeness (QED) is 0.177. The maximum Gasteiger partial charge on any atom is 0.330 e. The summed E-state index contributed by atoms with van der Waals surface area (Å²) < 4.78 is 0.411. The molecule has 1 aliphatic carbocycles. The topological polar surface area (TPSA) is 156 Å². The Morgan fingerprint density at radius 3 is 2.83 bits per heavy atom. The number of anilines is 3. The fourth-order valence-electron chi connectivity index (χ4n) is 4.61. The third kappa shape index (κ3) is 6.17. The number of nitrogens with zero attached hydrogens (tertiary/aromatic N) is 6. The molecule has 1 saturated carbocycles. The molecule has 11 nitrogen and oxygen atoms in total. The number of rotatable bonds is 10. The van der Waals surface area contributed by atoms with Crippen LogP contribution < -0.4 is 21.0 Å². The van der Waals surface area contributed by atoms with E-state index in [9.17, 15) is 10.1 Å². The van der Waals surface area contributed by atoms with Gasteiger partial charge in [0, 0.05) is 18.3 Å². The predicted octanol–water partition coefficient (Wildman–Crippen LogP) is 2.70. The van der Waals surface area contributed by atoms with E-state index >= 15 is 0 Å². The number of carbonyl (C=O) groups excluding carboxylic acids is 1. The van der Waals surface area contributed by atoms with E-state index in [2.05, 4.69) is 45.9 Å². The van der Waals surface area contributed by atoms with Gasteiger partial charge in [-0.05, 0) is 38.1 Å². The zero-order valence-corrected chi connectivity index (χ0v) is 20.4. The van der Waals surface area contributed by atoms with E-state index in [0.29, 0.717) is 34.2 Å². The summed E-state index contributed by atoms with van der Waals surface area (Å²) in [6.45, 7) is 0.365. The smallest absolute Gasteiger partial charge is 0.330 e. The average molecular weight is 478 g/mol. The zero-order valence-electron chi connectivity index (χ0n) is 20.4. The fourth-order valence-corrected chi connectivity index (χ4v) is 4.61. The van der Waals surface area contributed by atoms with E-state index in [4.69, 9.17) is 16.1 Å². The third-order valence-corrected chi connectivity index (χ3v) is 6.43. The maximum atomic E-state index is 12.1. The first kappa shape index (κ1) is 25.7. The molecule has 2 unspecified atom stereocenters. The van der Waals surface area contributed by atoms with Crippen molar-refractivity contribution in [2.24, 2.45) is 10.8 Å². The van der Waals surface area contributed by atoms with Crippen LogP contribution in [-0.4, -0.2) is 73.0 Å². The zero-order chi connectivity index (χ0) is 25.4. The van der Waals surface area contributed by atoms with Crippen molar-refractivity contribution in [1.29, 1.82) is 10.7 Å². The molecule has 5 N–H and O–H groups in total. The Labute approximate surface area is 205 Å². The molecule has 0 radical (unpaired) electrons. The number of nitrogens with two attached hydrogens (primary N) is 1. The molecule has 1 aromatic heterocycles. The molecule has 184 valence electrons. The van der Waals surface area contributed by atoms with Crippen molar-refractivity contribution in [3.05, 3.63) is 36.0 Å². The molecule has 0 bridgehead atoms. The van der Waals surface area contributed by atoms with E-state index in [1.165, 1.54) is 12.4 Å². The normalized spacial score (nSPS) is 18.3. The second-order valence-corrected chi connectivity index (χ2v) is 9.09. The lowest BCUT2D eigenvalue weighted by Gasteiger charge is -2.44. The van der Waals surface area contributed by atoms with Gasteiger partial charge < -0.3 is 16.5 Å². The highest BCUT2D eigenvalue weighted by Gasteiger charge is 2.42. The molecule has 2 aromatic rings. The van der Waals surface area contributed by atoms with Crippen molar-refractivity contribution in [1.82, 2.24) is 19.4 Å². The Kier molecular flexibility index (Phi) is 8.46. The summed E-state index contributed by atoms with van der Waals surface area (Å²) >= 11 is 0. The van der Waals surface area contributed by atoms with Crippen LogP contribution in [0, 0.1) is 16.7 Å². The molecule has 1 amide bonds. The molecule has 1 aromatic carbocycles. The molecule has 0 aliphatic heterocycles. The fraction of sp³-hybridized carbons (Fsp3) is 0.417. The summed E-state index contributed by atoms with van der Waals surface area (Å²) in [5.41, 5.74) is 10.0. The van der Waals surface area contributed by atoms with Gasteiger partial charge in [-0.3, -0.25) is 19.6 Å². The summed E-state index contributed by atoms with van der Waals surface area (Å²) in [5, 5.41) is 23.4. The van der Waals surface area contributed by atoms with E-state index < -0.39 is 5.91 Å². The van der Waals surface area contributed by atoms with Gasteiger partial charge in [0.05, 0.1) is 50.8 Å². The number of hydrogen-bond acceptors (Lipinski definition) is 9. The minimum atomic E-state index is -0.626. The number of carbonyl (C=O) groups is 1. The van der Waals surface area contributed by atoms with Gasteiger partial charge in [0.2, 0.25) is 0 Å². The minimum absolute atomic E-state index is 0.189. The van der Waals surface area contributed by atoms with E-state index in [0.717, 1.165) is 31.9 Å². The van der Waals surface area contributed by atoms with Gasteiger partial charge in [0.25, 0.3) is 5.91 Å². The Hall–Kier alpha value is -3.88. The number of nitriles is 1. The van der Waals surface area contributed by atoms with E-state index in [1.54, 1.807) is 0 Å². The molecular formula is C24H33N10O+. The minimum Gasteiger partial charge on any atom is -0.365 e. The van der Waals surface area contributed by atoms with Gasteiger partial charge >= 0.3 is 5.95 Å². The summed E-state index contributed by atoms with van der Waals surface area (Å²) in [6.07, 6.45) is 8.10. The van der Waals surface area contributed by atoms with Crippen LogP contribution in [0.25, 0.3) is 0 Å². The lowest BCUT2D eigenvalue weighted by molar-refractivity contribution is 0.0984. The van der Waals surface area contributed by atoms with Crippen LogP contribution in [-0.2, 0) is 0 Å². The second kappa shape index (κ2) is 11.5. The summed E-state index contributed by atoms with van der Waals surface area (Å²) in [4.78, 5) is 23.6. The van der Waals surface area contributed by atoms with Crippen molar-refractivity contribution in [3.8, 4) is 6.07 Å². The highest BCUT2D eigenvalue weighted by Crippen LogP contribution is 2.33. The van der Waals surface area contributed by atoms with Crippen molar-refractivity contribution in [2.75, 3.05) is 38.4 Å². The predicted molar refractivity (Wildman–Crippen MR) is 139 cm³/mol. The lowest BCUT2D eigenvalue weighted by atomic mass is 9.87. The number of hydrogen-bond donors (Lipinski definition) is 4. The van der Waals surface area contributed by atoms with Crippen LogP contribution in [0.2, 0.25) is 0 Å². The summed E-state index contributed by atoms with van der Waals surface area (Å²) in [7, 11) is 6.12. The first-order valence-corrected chi connectivity index (χ1v) is 11.5. The first-order valence-electron chi connectivity index (χ1n) is 11.5. The monoisotopic (exact) mass is 477 g/mol. The number of aromatic nitrogens is 2. The number of quaternary nitrogens is 1. The Bertz CT molecular complexity index is 1120. The van der Waals surface area contributed by atoms with Crippen molar-refractivity contribution in [3.63, 3.8) is 0 Å². The third-order valence-electron chi connectivity index (χ3n) is 6.43. The van der Waals surface area contributed by atoms with Crippen LogP contribution in [0.15, 0.2) is 35.6 Å². The molecule has 1 heterocycles. The van der Waals surface area contributed by atoms with E-state index in [1.807, 2.05) is 31.3 Å². The molecule has 2 atom stereocenters. The van der Waals surface area contributed by atoms with Crippen LogP contribution in [0.4, 0.5) is 23.1 Å². The van der Waals surface area contributed by atoms with Gasteiger partial charge in [-0.1, -0.05) is 12.5 Å². The number of nitrogens with one attached hydrogen (secondary N) is 3. The molecule has 1 aliphatic rings. The van der Waals surface area contributed by atoms with Gasteiger partial charge in [-0.25, -0.2) is 0 Å². The Balaban J connectivity index is 1.94. The first-order chi connectivity index (χ1) is 16.8. The Morgan fingerprint density at radius 2 is 2.11 bits per heavy atom. The maximum absolute atomic E-state index is 12.1.